The highest BCUT2D eigenvalue weighted by Gasteiger charge is 2.40. The Balaban J connectivity index is 2.37. The van der Waals surface area contributed by atoms with Crippen molar-refractivity contribution in [2.24, 2.45) is 5.92 Å². The second-order valence-corrected chi connectivity index (χ2v) is 4.23. The van der Waals surface area contributed by atoms with Gasteiger partial charge in [0.25, 0.3) is 0 Å². The lowest BCUT2D eigenvalue weighted by Gasteiger charge is -2.21. The summed E-state index contributed by atoms with van der Waals surface area (Å²) in [6, 6.07) is 0. The van der Waals surface area contributed by atoms with E-state index in [-0.39, 0.29) is 5.60 Å². The molecule has 0 aromatic carbocycles. The Morgan fingerprint density at radius 3 is 2.67 bits per heavy atom. The standard InChI is InChI=1S/C11H16O/c1-8-9-6-4-5-7-10(9)12-11(8,2)3/h6-8H,4-5H2,1-3H3. The molecule has 1 fully saturated rings. The molecular weight excluding hydrogens is 148 g/mol. The van der Waals surface area contributed by atoms with Crippen molar-refractivity contribution in [3.05, 3.63) is 23.5 Å². The van der Waals surface area contributed by atoms with E-state index in [4.69, 9.17) is 4.74 Å². The summed E-state index contributed by atoms with van der Waals surface area (Å²) < 4.78 is 5.86. The van der Waals surface area contributed by atoms with Crippen molar-refractivity contribution in [1.29, 1.82) is 0 Å². The summed E-state index contributed by atoms with van der Waals surface area (Å²) >= 11 is 0. The van der Waals surface area contributed by atoms with Gasteiger partial charge in [-0.3, -0.25) is 0 Å². The van der Waals surface area contributed by atoms with Crippen LogP contribution in [0.25, 0.3) is 0 Å². The quantitative estimate of drug-likeness (QED) is 0.534. The molecule has 0 radical (unpaired) electrons. The molecule has 0 amide bonds. The van der Waals surface area contributed by atoms with Gasteiger partial charge in [-0.15, -0.1) is 0 Å². The molecule has 1 atom stereocenters. The van der Waals surface area contributed by atoms with Gasteiger partial charge in [0.15, 0.2) is 0 Å². The molecule has 1 aliphatic carbocycles. The summed E-state index contributed by atoms with van der Waals surface area (Å²) in [7, 11) is 0. The predicted octanol–water partition coefficient (Wildman–Crippen LogP) is 3.04. The second-order valence-electron chi connectivity index (χ2n) is 4.23. The second kappa shape index (κ2) is 2.38. The average molecular weight is 164 g/mol. The Kier molecular flexibility index (Phi) is 1.57. The molecule has 0 saturated carbocycles. The molecule has 66 valence electrons. The predicted molar refractivity (Wildman–Crippen MR) is 49.7 cm³/mol. The number of hydrogen-bond acceptors (Lipinski definition) is 1. The molecule has 2 aliphatic rings. The Morgan fingerprint density at radius 1 is 1.33 bits per heavy atom. The van der Waals surface area contributed by atoms with Gasteiger partial charge in [-0.2, -0.15) is 0 Å². The number of ether oxygens (including phenoxy) is 1. The van der Waals surface area contributed by atoms with Gasteiger partial charge in [0.1, 0.15) is 11.4 Å². The Hall–Kier alpha value is -0.720. The van der Waals surface area contributed by atoms with Crippen LogP contribution in [0.15, 0.2) is 23.5 Å². The van der Waals surface area contributed by atoms with E-state index in [9.17, 15) is 0 Å². The fourth-order valence-electron chi connectivity index (χ4n) is 1.91. The molecule has 2 rings (SSSR count). The Bertz CT molecular complexity index is 258. The maximum absolute atomic E-state index is 5.86. The van der Waals surface area contributed by atoms with Crippen molar-refractivity contribution in [3.8, 4) is 0 Å². The van der Waals surface area contributed by atoms with Crippen LogP contribution in [-0.4, -0.2) is 5.60 Å². The first kappa shape index (κ1) is 7.90. The monoisotopic (exact) mass is 164 g/mol. The highest BCUT2D eigenvalue weighted by atomic mass is 16.5. The third-order valence-corrected chi connectivity index (χ3v) is 3.03. The number of fused-ring (bicyclic) bond motifs is 1. The average Bonchev–Trinajstić information content (AvgIpc) is 2.24. The summed E-state index contributed by atoms with van der Waals surface area (Å²) in [5.74, 6) is 1.68. The molecule has 1 aliphatic heterocycles. The van der Waals surface area contributed by atoms with Gasteiger partial charge >= 0.3 is 0 Å². The molecule has 12 heavy (non-hydrogen) atoms. The van der Waals surface area contributed by atoms with Crippen LogP contribution >= 0.6 is 0 Å². The van der Waals surface area contributed by atoms with Crippen molar-refractivity contribution < 1.29 is 4.74 Å². The van der Waals surface area contributed by atoms with Crippen LogP contribution < -0.4 is 0 Å². The molecule has 0 aromatic rings. The molecule has 0 aromatic heterocycles. The first-order chi connectivity index (χ1) is 5.61. The zero-order chi connectivity index (χ0) is 8.77. The lowest BCUT2D eigenvalue weighted by atomic mass is 9.86. The van der Waals surface area contributed by atoms with Gasteiger partial charge in [0.05, 0.1) is 0 Å². The fraction of sp³-hybridized carbons (Fsp3) is 0.636. The summed E-state index contributed by atoms with van der Waals surface area (Å²) in [5.41, 5.74) is 1.42. The van der Waals surface area contributed by atoms with Crippen molar-refractivity contribution >= 4 is 0 Å². The summed E-state index contributed by atoms with van der Waals surface area (Å²) in [6.45, 7) is 6.58. The van der Waals surface area contributed by atoms with Crippen molar-refractivity contribution in [2.45, 2.75) is 39.2 Å². The van der Waals surface area contributed by atoms with Crippen molar-refractivity contribution in [2.75, 3.05) is 0 Å². The Morgan fingerprint density at radius 2 is 2.00 bits per heavy atom. The minimum atomic E-state index is 0.00199. The number of rotatable bonds is 0. The lowest BCUT2D eigenvalue weighted by molar-refractivity contribution is 0.0482. The highest BCUT2D eigenvalue weighted by Crippen LogP contribution is 2.43. The third kappa shape index (κ3) is 0.996. The van der Waals surface area contributed by atoms with Gasteiger partial charge in [0.2, 0.25) is 0 Å². The Labute approximate surface area is 74.1 Å². The summed E-state index contributed by atoms with van der Waals surface area (Å²) in [6.07, 6.45) is 6.87. The van der Waals surface area contributed by atoms with Crippen LogP contribution in [0.2, 0.25) is 0 Å². The smallest absolute Gasteiger partial charge is 0.119 e. The largest absolute Gasteiger partial charge is 0.487 e. The van der Waals surface area contributed by atoms with E-state index < -0.39 is 0 Å². The highest BCUT2D eigenvalue weighted by molar-refractivity contribution is 5.37. The van der Waals surface area contributed by atoms with Gasteiger partial charge in [-0.25, -0.2) is 0 Å². The topological polar surface area (TPSA) is 9.23 Å². The van der Waals surface area contributed by atoms with E-state index in [1.807, 2.05) is 0 Å². The molecule has 1 unspecified atom stereocenters. The minimum absolute atomic E-state index is 0.00199. The van der Waals surface area contributed by atoms with E-state index in [2.05, 4.69) is 32.9 Å². The zero-order valence-electron chi connectivity index (χ0n) is 8.05. The number of allylic oxidation sites excluding steroid dienone is 3. The molecule has 1 saturated heterocycles. The van der Waals surface area contributed by atoms with Crippen molar-refractivity contribution in [3.63, 3.8) is 0 Å². The van der Waals surface area contributed by atoms with E-state index in [1.165, 1.54) is 12.0 Å². The van der Waals surface area contributed by atoms with Crippen LogP contribution in [-0.2, 0) is 4.74 Å². The molecule has 1 nitrogen and oxygen atoms in total. The summed E-state index contributed by atoms with van der Waals surface area (Å²) in [5, 5.41) is 0. The molecule has 1 heteroatoms. The molecule has 0 bridgehead atoms. The molecular formula is C11H16O. The van der Waals surface area contributed by atoms with Gasteiger partial charge in [-0.05, 0) is 38.3 Å². The van der Waals surface area contributed by atoms with E-state index in [0.717, 1.165) is 12.2 Å². The van der Waals surface area contributed by atoms with E-state index in [0.29, 0.717) is 5.92 Å². The SMILES string of the molecule is CC1C2=CCCC=C2OC1(C)C. The van der Waals surface area contributed by atoms with Crippen LogP contribution in [0, 0.1) is 5.92 Å². The van der Waals surface area contributed by atoms with E-state index in [1.54, 1.807) is 0 Å². The number of hydrogen-bond donors (Lipinski definition) is 0. The van der Waals surface area contributed by atoms with Gasteiger partial charge in [-0.1, -0.05) is 13.0 Å². The zero-order valence-corrected chi connectivity index (χ0v) is 8.05. The molecule has 0 N–H and O–H groups in total. The van der Waals surface area contributed by atoms with Gasteiger partial charge in [0, 0.05) is 5.92 Å². The van der Waals surface area contributed by atoms with Crippen LogP contribution in [0.4, 0.5) is 0 Å². The van der Waals surface area contributed by atoms with Crippen molar-refractivity contribution in [1.82, 2.24) is 0 Å². The summed E-state index contributed by atoms with van der Waals surface area (Å²) in [4.78, 5) is 0. The first-order valence-electron chi connectivity index (χ1n) is 4.71. The fourth-order valence-corrected chi connectivity index (χ4v) is 1.91. The minimum Gasteiger partial charge on any atom is -0.487 e. The third-order valence-electron chi connectivity index (χ3n) is 3.03. The first-order valence-corrected chi connectivity index (χ1v) is 4.71. The van der Waals surface area contributed by atoms with Crippen LogP contribution in [0.5, 0.6) is 0 Å². The maximum atomic E-state index is 5.86. The molecule has 1 heterocycles. The van der Waals surface area contributed by atoms with E-state index >= 15 is 0 Å². The molecule has 0 spiro atoms. The van der Waals surface area contributed by atoms with Crippen LogP contribution in [0.1, 0.15) is 33.6 Å². The maximum Gasteiger partial charge on any atom is 0.119 e. The normalized spacial score (nSPS) is 31.8. The van der Waals surface area contributed by atoms with Crippen LogP contribution in [0.3, 0.4) is 0 Å². The lowest BCUT2D eigenvalue weighted by Crippen LogP contribution is -2.25. The van der Waals surface area contributed by atoms with Gasteiger partial charge < -0.3 is 4.74 Å².